The highest BCUT2D eigenvalue weighted by molar-refractivity contribution is 5.95. The number of carbonyl (C=O) groups is 2. The maximum Gasteiger partial charge on any atom is 0.407 e. The third kappa shape index (κ3) is 3.88. The molecule has 1 heterocycles. The van der Waals surface area contributed by atoms with Crippen LogP contribution in [0.2, 0.25) is 0 Å². The summed E-state index contributed by atoms with van der Waals surface area (Å²) in [6.07, 6.45) is -0.514. The molecule has 0 spiro atoms. The molecule has 1 amide bonds. The van der Waals surface area contributed by atoms with Gasteiger partial charge in [-0.3, -0.25) is 0 Å². The first-order valence-corrected chi connectivity index (χ1v) is 7.91. The predicted molar refractivity (Wildman–Crippen MR) is 92.6 cm³/mol. The van der Waals surface area contributed by atoms with Crippen molar-refractivity contribution in [1.29, 1.82) is 0 Å². The van der Waals surface area contributed by atoms with Gasteiger partial charge in [0.05, 0.1) is 5.52 Å². The van der Waals surface area contributed by atoms with Gasteiger partial charge in [-0.2, -0.15) is 0 Å². The van der Waals surface area contributed by atoms with E-state index in [0.717, 1.165) is 16.5 Å². The van der Waals surface area contributed by atoms with Gasteiger partial charge >= 0.3 is 12.1 Å². The van der Waals surface area contributed by atoms with Gasteiger partial charge in [-0.25, -0.2) is 9.59 Å². The molecule has 1 aromatic heterocycles. The van der Waals surface area contributed by atoms with Crippen molar-refractivity contribution in [3.63, 3.8) is 0 Å². The summed E-state index contributed by atoms with van der Waals surface area (Å²) in [4.78, 5) is 23.4. The lowest BCUT2D eigenvalue weighted by molar-refractivity contribution is 0.0521. The number of fused-ring (bicyclic) bond motifs is 1. The zero-order valence-electron chi connectivity index (χ0n) is 14.7. The second kappa shape index (κ2) is 6.55. The number of benzene rings is 1. The highest BCUT2D eigenvalue weighted by Gasteiger charge is 2.21. The number of para-hydroxylation sites is 1. The van der Waals surface area contributed by atoms with Crippen LogP contribution in [-0.4, -0.2) is 33.9 Å². The number of carboxylic acids is 1. The lowest BCUT2D eigenvalue weighted by Gasteiger charge is -2.22. The first-order valence-electron chi connectivity index (χ1n) is 7.91. The number of hydrogen-bond acceptors (Lipinski definition) is 3. The summed E-state index contributed by atoms with van der Waals surface area (Å²) >= 11 is 0. The largest absolute Gasteiger partial charge is 0.477 e. The van der Waals surface area contributed by atoms with Crippen molar-refractivity contribution >= 4 is 23.0 Å². The Labute approximate surface area is 141 Å². The Balaban J connectivity index is 2.28. The lowest BCUT2D eigenvalue weighted by atomic mass is 10.1. The molecule has 1 unspecified atom stereocenters. The molecule has 0 saturated heterocycles. The number of aryl methyl sites for hydroxylation is 1. The summed E-state index contributed by atoms with van der Waals surface area (Å²) in [5.41, 5.74) is 1.49. The normalized spacial score (nSPS) is 12.9. The van der Waals surface area contributed by atoms with E-state index in [1.54, 1.807) is 31.4 Å². The maximum absolute atomic E-state index is 11.8. The van der Waals surface area contributed by atoms with Crippen molar-refractivity contribution in [3.05, 3.63) is 35.5 Å². The second-order valence-corrected chi connectivity index (χ2v) is 6.95. The van der Waals surface area contributed by atoms with Gasteiger partial charge in [0.15, 0.2) is 0 Å². The number of amides is 1. The Morgan fingerprint density at radius 3 is 2.58 bits per heavy atom. The molecule has 0 aliphatic carbocycles. The van der Waals surface area contributed by atoms with E-state index < -0.39 is 17.7 Å². The first kappa shape index (κ1) is 17.8. The van der Waals surface area contributed by atoms with Crippen LogP contribution in [0.4, 0.5) is 4.79 Å². The average molecular weight is 332 g/mol. The van der Waals surface area contributed by atoms with Crippen LogP contribution in [0, 0.1) is 6.92 Å². The van der Waals surface area contributed by atoms with Crippen LogP contribution in [0.3, 0.4) is 0 Å². The molecule has 6 nitrogen and oxygen atoms in total. The minimum Gasteiger partial charge on any atom is -0.477 e. The molecule has 2 rings (SSSR count). The van der Waals surface area contributed by atoms with E-state index in [2.05, 4.69) is 5.32 Å². The van der Waals surface area contributed by atoms with Gasteiger partial charge in [0.1, 0.15) is 11.3 Å². The molecule has 1 aromatic carbocycles. The summed E-state index contributed by atoms with van der Waals surface area (Å²) in [5, 5.41) is 13.1. The van der Waals surface area contributed by atoms with Crippen molar-refractivity contribution in [2.24, 2.45) is 0 Å². The van der Waals surface area contributed by atoms with Crippen LogP contribution < -0.4 is 5.32 Å². The first-order chi connectivity index (χ1) is 11.1. The molecule has 0 bridgehead atoms. The van der Waals surface area contributed by atoms with Gasteiger partial charge in [-0.1, -0.05) is 18.2 Å². The van der Waals surface area contributed by atoms with E-state index in [9.17, 15) is 14.7 Å². The highest BCUT2D eigenvalue weighted by atomic mass is 16.6. The molecular formula is C18H24N2O4. The lowest BCUT2D eigenvalue weighted by Crippen LogP contribution is -2.35. The Morgan fingerprint density at radius 1 is 1.33 bits per heavy atom. The van der Waals surface area contributed by atoms with Gasteiger partial charge < -0.3 is 19.7 Å². The molecule has 0 aliphatic heterocycles. The van der Waals surface area contributed by atoms with Gasteiger partial charge in [-0.15, -0.1) is 0 Å². The zero-order chi connectivity index (χ0) is 18.1. The molecule has 6 heteroatoms. The van der Waals surface area contributed by atoms with Crippen LogP contribution in [0.5, 0.6) is 0 Å². The third-order valence-corrected chi connectivity index (χ3v) is 3.66. The number of aromatic carboxylic acids is 1. The summed E-state index contributed by atoms with van der Waals surface area (Å²) in [5.74, 6) is -0.991. The number of carboxylic acid groups (broad SMARTS) is 1. The van der Waals surface area contributed by atoms with Gasteiger partial charge in [0.25, 0.3) is 0 Å². The fourth-order valence-electron chi connectivity index (χ4n) is 2.72. The number of carbonyl (C=O) groups excluding carboxylic acids is 1. The number of nitrogens with zero attached hydrogens (tertiary/aromatic N) is 1. The maximum atomic E-state index is 11.8. The third-order valence-electron chi connectivity index (χ3n) is 3.66. The standard InChI is InChI=1S/C18H24N2O4/c1-11-7-6-8-13-9-14(16(21)22)20(15(11)13)12(2)10-19-17(23)24-18(3,4)5/h6-9,12H,10H2,1-5H3,(H,19,23)(H,21,22). The summed E-state index contributed by atoms with van der Waals surface area (Å²) in [6.45, 7) is 9.46. The topological polar surface area (TPSA) is 80.6 Å². The van der Waals surface area contributed by atoms with E-state index in [-0.39, 0.29) is 18.3 Å². The molecule has 24 heavy (non-hydrogen) atoms. The van der Waals surface area contributed by atoms with Crippen LogP contribution in [0.1, 0.15) is 49.8 Å². The van der Waals surface area contributed by atoms with Gasteiger partial charge in [-0.05, 0) is 46.2 Å². The van der Waals surface area contributed by atoms with Crippen molar-refractivity contribution in [3.8, 4) is 0 Å². The van der Waals surface area contributed by atoms with Crippen molar-refractivity contribution < 1.29 is 19.4 Å². The minimum absolute atomic E-state index is 0.206. The molecule has 2 aromatic rings. The second-order valence-electron chi connectivity index (χ2n) is 6.95. The number of aromatic nitrogens is 1. The number of hydrogen-bond donors (Lipinski definition) is 2. The number of ether oxygens (including phenoxy) is 1. The van der Waals surface area contributed by atoms with E-state index in [0.29, 0.717) is 0 Å². The van der Waals surface area contributed by atoms with E-state index in [4.69, 9.17) is 4.74 Å². The fraction of sp³-hybridized carbons (Fsp3) is 0.444. The SMILES string of the molecule is Cc1cccc2cc(C(=O)O)n(C(C)CNC(=O)OC(C)(C)C)c12. The van der Waals surface area contributed by atoms with Crippen molar-refractivity contribution in [2.45, 2.75) is 46.3 Å². The number of nitrogens with one attached hydrogen (secondary N) is 1. The molecular weight excluding hydrogens is 308 g/mol. The molecule has 130 valence electrons. The van der Waals surface area contributed by atoms with Gasteiger partial charge in [0, 0.05) is 18.0 Å². The van der Waals surface area contributed by atoms with E-state index in [1.165, 1.54) is 0 Å². The van der Waals surface area contributed by atoms with Crippen LogP contribution in [0.25, 0.3) is 10.9 Å². The average Bonchev–Trinajstić information content (AvgIpc) is 2.84. The summed E-state index contributed by atoms with van der Waals surface area (Å²) < 4.78 is 6.97. The fourth-order valence-corrected chi connectivity index (χ4v) is 2.72. The Bertz CT molecular complexity index is 771. The van der Waals surface area contributed by atoms with Crippen LogP contribution in [0.15, 0.2) is 24.3 Å². The van der Waals surface area contributed by atoms with Crippen molar-refractivity contribution in [1.82, 2.24) is 9.88 Å². The Kier molecular flexibility index (Phi) is 4.87. The molecule has 1 atom stereocenters. The quantitative estimate of drug-likeness (QED) is 0.894. The molecule has 2 N–H and O–H groups in total. The Morgan fingerprint density at radius 2 is 2.00 bits per heavy atom. The summed E-state index contributed by atoms with van der Waals surface area (Å²) in [6, 6.07) is 7.16. The van der Waals surface area contributed by atoms with Crippen LogP contribution >= 0.6 is 0 Å². The molecule has 0 radical (unpaired) electrons. The number of rotatable bonds is 4. The molecule has 0 fully saturated rings. The van der Waals surface area contributed by atoms with E-state index in [1.807, 2.05) is 32.0 Å². The molecule has 0 aliphatic rings. The van der Waals surface area contributed by atoms with E-state index >= 15 is 0 Å². The van der Waals surface area contributed by atoms with Gasteiger partial charge in [0.2, 0.25) is 0 Å². The number of alkyl carbamates (subject to hydrolysis) is 1. The monoisotopic (exact) mass is 332 g/mol. The minimum atomic E-state index is -0.991. The van der Waals surface area contributed by atoms with Crippen molar-refractivity contribution in [2.75, 3.05) is 6.54 Å². The Hall–Kier alpha value is -2.50. The zero-order valence-corrected chi connectivity index (χ0v) is 14.7. The highest BCUT2D eigenvalue weighted by Crippen LogP contribution is 2.27. The predicted octanol–water partition coefficient (Wildman–Crippen LogP) is 3.73. The molecule has 0 saturated carbocycles. The van der Waals surface area contributed by atoms with Crippen LogP contribution in [-0.2, 0) is 4.74 Å². The smallest absolute Gasteiger partial charge is 0.407 e. The summed E-state index contributed by atoms with van der Waals surface area (Å²) in [7, 11) is 0.